The number of benzene rings is 1. The number of aromatic amines is 1. The molecule has 0 amide bonds. The minimum atomic E-state index is -2.16. The van der Waals surface area contributed by atoms with Crippen molar-refractivity contribution in [3.8, 4) is 5.69 Å². The molecule has 90 valence electrons. The zero-order chi connectivity index (χ0) is 12.5. The number of H-pyrrole nitrogens is 1. The van der Waals surface area contributed by atoms with E-state index in [1.165, 1.54) is 0 Å². The SMILES string of the molecule is [CH3][Sn]([CH3])([CH3])[S]c1c(=O)o[nH][n+]1-c1ccccc1. The van der Waals surface area contributed by atoms with Crippen LogP contribution in [-0.2, 0) is 0 Å². The summed E-state index contributed by atoms with van der Waals surface area (Å²) in [6.07, 6.45) is 0. The van der Waals surface area contributed by atoms with Crippen LogP contribution < -0.4 is 10.3 Å². The maximum absolute atomic E-state index is 11.7. The molecule has 1 heterocycles. The minimum absolute atomic E-state index is 0.287. The summed E-state index contributed by atoms with van der Waals surface area (Å²) in [7, 11) is 1.69. The number of para-hydroxylation sites is 1. The van der Waals surface area contributed by atoms with Crippen molar-refractivity contribution in [2.75, 3.05) is 0 Å². The third kappa shape index (κ3) is 3.16. The van der Waals surface area contributed by atoms with Gasteiger partial charge in [-0.3, -0.25) is 0 Å². The molecule has 0 spiro atoms. The van der Waals surface area contributed by atoms with Gasteiger partial charge >= 0.3 is 107 Å². The quantitative estimate of drug-likeness (QED) is 0.676. The zero-order valence-electron chi connectivity index (χ0n) is 10.1. The molecule has 0 radical (unpaired) electrons. The Hall–Kier alpha value is -0.691. The van der Waals surface area contributed by atoms with Gasteiger partial charge in [0.25, 0.3) is 0 Å². The predicted octanol–water partition coefficient (Wildman–Crippen LogP) is 2.17. The fourth-order valence-electron chi connectivity index (χ4n) is 1.39. The molecule has 6 heteroatoms. The summed E-state index contributed by atoms with van der Waals surface area (Å²) in [5.41, 5.74) is 0.627. The van der Waals surface area contributed by atoms with E-state index in [2.05, 4.69) is 20.1 Å². The molecule has 1 aromatic carbocycles. The third-order valence-corrected chi connectivity index (χ3v) is 10.1. The molecule has 0 aliphatic rings. The van der Waals surface area contributed by atoms with Crippen molar-refractivity contribution in [2.45, 2.75) is 19.8 Å². The monoisotopic (exact) mass is 359 g/mol. The molecule has 17 heavy (non-hydrogen) atoms. The molecule has 0 saturated heterocycles. The van der Waals surface area contributed by atoms with E-state index in [0.29, 0.717) is 5.03 Å². The van der Waals surface area contributed by atoms with Crippen LogP contribution in [0, 0.1) is 0 Å². The molecule has 1 aromatic heterocycles. The normalized spacial score (nSPS) is 11.7. The van der Waals surface area contributed by atoms with Gasteiger partial charge in [0, 0.05) is 0 Å². The summed E-state index contributed by atoms with van der Waals surface area (Å²) in [6, 6.07) is 9.68. The van der Waals surface area contributed by atoms with Crippen molar-refractivity contribution >= 4 is 25.9 Å². The molecule has 0 atom stereocenters. The Balaban J connectivity index is 2.47. The Morgan fingerprint density at radius 3 is 2.47 bits per heavy atom. The maximum atomic E-state index is 11.7. The van der Waals surface area contributed by atoms with Gasteiger partial charge in [0.2, 0.25) is 0 Å². The van der Waals surface area contributed by atoms with Crippen LogP contribution in [0.3, 0.4) is 0 Å². The van der Waals surface area contributed by atoms with E-state index in [1.807, 2.05) is 30.3 Å². The van der Waals surface area contributed by atoms with E-state index < -0.39 is 17.0 Å². The Kier molecular flexibility index (Phi) is 3.67. The standard InChI is InChI=1S/C8H6N2O2S.3CH3.Sn/c11-8-7(13)10(9-12-8)6-4-2-1-3-5-6;;;;/h1-5,9H;3*1H3;/q;;;;+1. The molecule has 0 saturated carbocycles. The van der Waals surface area contributed by atoms with E-state index in [9.17, 15) is 4.79 Å². The van der Waals surface area contributed by atoms with Gasteiger partial charge in [-0.25, -0.2) is 0 Å². The van der Waals surface area contributed by atoms with Crippen molar-refractivity contribution in [3.05, 3.63) is 40.8 Å². The number of hydrogen-bond donors (Lipinski definition) is 1. The average molecular weight is 358 g/mol. The van der Waals surface area contributed by atoms with Crippen molar-refractivity contribution in [3.63, 3.8) is 0 Å². The molecule has 0 fully saturated rings. The first kappa shape index (κ1) is 12.8. The van der Waals surface area contributed by atoms with Crippen LogP contribution in [0.4, 0.5) is 0 Å². The van der Waals surface area contributed by atoms with E-state index in [-0.39, 0.29) is 5.63 Å². The Morgan fingerprint density at radius 1 is 1.24 bits per heavy atom. The van der Waals surface area contributed by atoms with E-state index in [4.69, 9.17) is 4.52 Å². The Bertz CT molecular complexity index is 557. The topological polar surface area (TPSA) is 49.9 Å². The molecular formula is C11H15N2O2SSn+. The molecule has 1 N–H and O–H groups in total. The fourth-order valence-corrected chi connectivity index (χ4v) is 8.79. The number of nitrogens with zero attached hydrogens (tertiary/aromatic N) is 1. The first-order valence-electron chi connectivity index (χ1n) is 5.35. The molecule has 0 bridgehead atoms. The fraction of sp³-hybridized carbons (Fsp3) is 0.273. The summed E-state index contributed by atoms with van der Waals surface area (Å²) < 4.78 is 6.61. The van der Waals surface area contributed by atoms with Gasteiger partial charge < -0.3 is 0 Å². The van der Waals surface area contributed by atoms with Gasteiger partial charge in [0.15, 0.2) is 0 Å². The van der Waals surface area contributed by atoms with Crippen LogP contribution in [0.25, 0.3) is 5.69 Å². The Labute approximate surface area is 106 Å². The molecular weight excluding hydrogens is 343 g/mol. The van der Waals surface area contributed by atoms with Gasteiger partial charge in [-0.05, 0) is 0 Å². The molecule has 2 aromatic rings. The van der Waals surface area contributed by atoms with Crippen molar-refractivity contribution in [1.29, 1.82) is 0 Å². The van der Waals surface area contributed by atoms with Crippen molar-refractivity contribution in [2.24, 2.45) is 0 Å². The summed E-state index contributed by atoms with van der Waals surface area (Å²) in [6.45, 7) is 0. The number of hydrogen-bond acceptors (Lipinski definition) is 3. The molecule has 0 unspecified atom stereocenters. The predicted molar refractivity (Wildman–Crippen MR) is 70.1 cm³/mol. The summed E-state index contributed by atoms with van der Waals surface area (Å²) in [5.74, 6) is 0. The van der Waals surface area contributed by atoms with Gasteiger partial charge in [-0.15, -0.1) is 0 Å². The summed E-state index contributed by atoms with van der Waals surface area (Å²) in [5, 5.41) is 3.31. The van der Waals surface area contributed by atoms with Crippen LogP contribution in [0.2, 0.25) is 14.8 Å². The second kappa shape index (κ2) is 4.89. The van der Waals surface area contributed by atoms with Gasteiger partial charge in [0.1, 0.15) is 0 Å². The third-order valence-electron chi connectivity index (χ3n) is 2.02. The zero-order valence-corrected chi connectivity index (χ0v) is 13.7. The molecule has 4 nitrogen and oxygen atoms in total. The molecule has 0 aliphatic heterocycles. The van der Waals surface area contributed by atoms with Gasteiger partial charge in [-0.1, -0.05) is 0 Å². The van der Waals surface area contributed by atoms with E-state index in [0.717, 1.165) is 5.69 Å². The van der Waals surface area contributed by atoms with Crippen molar-refractivity contribution in [1.82, 2.24) is 5.27 Å². The molecule has 2 rings (SSSR count). The van der Waals surface area contributed by atoms with Crippen LogP contribution in [0.15, 0.2) is 44.7 Å². The van der Waals surface area contributed by atoms with Gasteiger partial charge in [-0.2, -0.15) is 0 Å². The van der Waals surface area contributed by atoms with Crippen LogP contribution in [0.1, 0.15) is 0 Å². The summed E-state index contributed by atoms with van der Waals surface area (Å²) >= 11 is -2.16. The Morgan fingerprint density at radius 2 is 1.88 bits per heavy atom. The number of rotatable bonds is 3. The average Bonchev–Trinajstić information content (AvgIpc) is 2.60. The van der Waals surface area contributed by atoms with Crippen molar-refractivity contribution < 1.29 is 9.20 Å². The van der Waals surface area contributed by atoms with Crippen LogP contribution in [0.5, 0.6) is 0 Å². The van der Waals surface area contributed by atoms with Crippen LogP contribution in [-0.4, -0.2) is 22.3 Å². The van der Waals surface area contributed by atoms with E-state index in [1.54, 1.807) is 13.6 Å². The number of aromatic nitrogens is 2. The van der Waals surface area contributed by atoms with E-state index >= 15 is 0 Å². The second-order valence-electron chi connectivity index (χ2n) is 4.67. The first-order valence-corrected chi connectivity index (χ1v) is 18.2. The molecule has 0 aliphatic carbocycles. The summed E-state index contributed by atoms with van der Waals surface area (Å²) in [4.78, 5) is 18.5. The second-order valence-corrected chi connectivity index (χ2v) is 27.3. The van der Waals surface area contributed by atoms with Crippen LogP contribution >= 0.6 is 8.95 Å². The number of nitrogens with one attached hydrogen (secondary N) is 1. The first-order chi connectivity index (χ1) is 7.97. The van der Waals surface area contributed by atoms with Gasteiger partial charge in [0.05, 0.1) is 0 Å².